The zero-order valence-corrected chi connectivity index (χ0v) is 15.8. The van der Waals surface area contributed by atoms with Crippen LogP contribution in [0.5, 0.6) is 0 Å². The molecule has 2 atom stereocenters. The van der Waals surface area contributed by atoms with Crippen LogP contribution in [0.3, 0.4) is 0 Å². The standard InChI is InChI=1S/C17H32N4OS/c1-4-18-15(19-11-17(20(2)3)7-10-23-14-17)21-8-5-16(12-21)6-9-22-13-16/h4-14H2,1-3H3,(H,18,19). The molecule has 1 spiro atoms. The molecule has 3 heterocycles. The molecule has 0 aromatic rings. The third-order valence-electron chi connectivity index (χ3n) is 5.81. The number of hydrogen-bond donors (Lipinski definition) is 1. The first-order valence-electron chi connectivity index (χ1n) is 8.95. The van der Waals surface area contributed by atoms with E-state index in [1.54, 1.807) is 0 Å². The zero-order chi connectivity index (χ0) is 16.3. The minimum Gasteiger partial charge on any atom is -0.381 e. The summed E-state index contributed by atoms with van der Waals surface area (Å²) in [5.41, 5.74) is 0.623. The van der Waals surface area contributed by atoms with Crippen molar-refractivity contribution in [3.05, 3.63) is 0 Å². The van der Waals surface area contributed by atoms with Gasteiger partial charge < -0.3 is 19.9 Å². The number of likely N-dealkylation sites (tertiary alicyclic amines) is 1. The Balaban J connectivity index is 1.68. The van der Waals surface area contributed by atoms with E-state index in [2.05, 4.69) is 47.9 Å². The average molecular weight is 341 g/mol. The van der Waals surface area contributed by atoms with E-state index >= 15 is 0 Å². The molecule has 2 unspecified atom stereocenters. The topological polar surface area (TPSA) is 40.1 Å². The highest BCUT2D eigenvalue weighted by molar-refractivity contribution is 7.99. The molecule has 3 aliphatic rings. The van der Waals surface area contributed by atoms with Crippen LogP contribution in [0.4, 0.5) is 0 Å². The van der Waals surface area contributed by atoms with Gasteiger partial charge in [0.05, 0.1) is 13.2 Å². The van der Waals surface area contributed by atoms with Crippen molar-refractivity contribution in [2.45, 2.75) is 31.7 Å². The van der Waals surface area contributed by atoms with Crippen molar-refractivity contribution in [1.29, 1.82) is 0 Å². The molecule has 0 aromatic heterocycles. The van der Waals surface area contributed by atoms with E-state index in [0.717, 1.165) is 45.4 Å². The molecule has 0 saturated carbocycles. The summed E-state index contributed by atoms with van der Waals surface area (Å²) in [6.45, 7) is 8.07. The average Bonchev–Trinajstić information content (AvgIpc) is 3.26. The van der Waals surface area contributed by atoms with Crippen molar-refractivity contribution in [2.24, 2.45) is 10.4 Å². The number of likely N-dealkylation sites (N-methyl/N-ethyl adjacent to an activating group) is 1. The second-order valence-electron chi connectivity index (χ2n) is 7.57. The number of ether oxygens (including phenoxy) is 1. The van der Waals surface area contributed by atoms with E-state index in [1.807, 2.05) is 0 Å². The summed E-state index contributed by atoms with van der Waals surface area (Å²) < 4.78 is 5.66. The van der Waals surface area contributed by atoms with Crippen molar-refractivity contribution in [3.63, 3.8) is 0 Å². The number of rotatable bonds is 4. The predicted molar refractivity (Wildman–Crippen MR) is 98.4 cm³/mol. The van der Waals surface area contributed by atoms with E-state index in [9.17, 15) is 0 Å². The highest BCUT2D eigenvalue weighted by Crippen LogP contribution is 2.38. The number of thioether (sulfide) groups is 1. The molecule has 132 valence electrons. The lowest BCUT2D eigenvalue weighted by atomic mass is 9.87. The largest absolute Gasteiger partial charge is 0.381 e. The molecule has 23 heavy (non-hydrogen) atoms. The van der Waals surface area contributed by atoms with Crippen molar-refractivity contribution in [3.8, 4) is 0 Å². The third kappa shape index (κ3) is 3.64. The van der Waals surface area contributed by atoms with Crippen molar-refractivity contribution < 1.29 is 4.74 Å². The molecule has 0 aliphatic carbocycles. The summed E-state index contributed by atoms with van der Waals surface area (Å²) in [5.74, 6) is 3.56. The van der Waals surface area contributed by atoms with Crippen LogP contribution < -0.4 is 5.32 Å². The molecule has 0 aromatic carbocycles. The van der Waals surface area contributed by atoms with E-state index in [-0.39, 0.29) is 5.54 Å². The summed E-state index contributed by atoms with van der Waals surface area (Å²) in [7, 11) is 4.41. The summed E-state index contributed by atoms with van der Waals surface area (Å²) >= 11 is 2.06. The Kier molecular flexibility index (Phi) is 5.43. The van der Waals surface area contributed by atoms with Gasteiger partial charge in [0.1, 0.15) is 0 Å². The smallest absolute Gasteiger partial charge is 0.194 e. The Morgan fingerprint density at radius 2 is 2.22 bits per heavy atom. The first-order chi connectivity index (χ1) is 11.1. The summed E-state index contributed by atoms with van der Waals surface area (Å²) in [6.07, 6.45) is 3.69. The van der Waals surface area contributed by atoms with Gasteiger partial charge in [0.2, 0.25) is 0 Å². The van der Waals surface area contributed by atoms with Gasteiger partial charge in [0.25, 0.3) is 0 Å². The van der Waals surface area contributed by atoms with Gasteiger partial charge in [-0.3, -0.25) is 4.99 Å². The lowest BCUT2D eigenvalue weighted by molar-refractivity contribution is 0.156. The number of aliphatic imine (C=N–C) groups is 1. The maximum absolute atomic E-state index is 5.66. The SMILES string of the molecule is CCNC(=NCC1(N(C)C)CCSC1)N1CCC2(CCOC2)C1. The van der Waals surface area contributed by atoms with Gasteiger partial charge in [-0.05, 0) is 46.0 Å². The van der Waals surface area contributed by atoms with Gasteiger partial charge >= 0.3 is 0 Å². The number of nitrogens with one attached hydrogen (secondary N) is 1. The fourth-order valence-corrected chi connectivity index (χ4v) is 5.49. The van der Waals surface area contributed by atoms with E-state index in [4.69, 9.17) is 9.73 Å². The molecular formula is C17H32N4OS. The first-order valence-corrected chi connectivity index (χ1v) is 10.1. The highest BCUT2D eigenvalue weighted by Gasteiger charge is 2.42. The first kappa shape index (κ1) is 17.4. The lowest BCUT2D eigenvalue weighted by Crippen LogP contribution is -2.49. The van der Waals surface area contributed by atoms with Crippen molar-refractivity contribution in [1.82, 2.24) is 15.1 Å². The predicted octanol–water partition coefficient (Wildman–Crippen LogP) is 1.50. The van der Waals surface area contributed by atoms with Crippen LogP contribution in [0.25, 0.3) is 0 Å². The van der Waals surface area contributed by atoms with Gasteiger partial charge in [-0.25, -0.2) is 0 Å². The van der Waals surface area contributed by atoms with Crippen LogP contribution in [-0.4, -0.2) is 86.3 Å². The summed E-state index contributed by atoms with van der Waals surface area (Å²) in [6, 6.07) is 0. The molecular weight excluding hydrogens is 308 g/mol. The van der Waals surface area contributed by atoms with Gasteiger partial charge in [-0.1, -0.05) is 0 Å². The normalized spacial score (nSPS) is 35.0. The molecule has 0 bridgehead atoms. The van der Waals surface area contributed by atoms with Crippen molar-refractivity contribution in [2.75, 3.05) is 65.0 Å². The number of hydrogen-bond acceptors (Lipinski definition) is 4. The van der Waals surface area contributed by atoms with Crippen LogP contribution >= 0.6 is 11.8 Å². The monoisotopic (exact) mass is 340 g/mol. The Bertz CT molecular complexity index is 428. The zero-order valence-electron chi connectivity index (χ0n) is 14.9. The molecule has 3 rings (SSSR count). The van der Waals surface area contributed by atoms with E-state index in [1.165, 1.54) is 30.8 Å². The Labute approximate surface area is 145 Å². The van der Waals surface area contributed by atoms with E-state index in [0.29, 0.717) is 5.41 Å². The molecule has 6 heteroatoms. The van der Waals surface area contributed by atoms with Gasteiger partial charge in [-0.15, -0.1) is 0 Å². The number of guanidine groups is 1. The molecule has 0 amide bonds. The molecule has 0 radical (unpaired) electrons. The third-order valence-corrected chi connectivity index (χ3v) is 7.05. The Hall–Kier alpha value is -0.460. The minimum atomic E-state index is 0.235. The minimum absolute atomic E-state index is 0.235. The van der Waals surface area contributed by atoms with Gasteiger partial charge in [-0.2, -0.15) is 11.8 Å². The van der Waals surface area contributed by atoms with Gasteiger partial charge in [0.15, 0.2) is 5.96 Å². The molecule has 3 fully saturated rings. The van der Waals surface area contributed by atoms with Crippen molar-refractivity contribution >= 4 is 17.7 Å². The Morgan fingerprint density at radius 3 is 2.83 bits per heavy atom. The molecule has 5 nitrogen and oxygen atoms in total. The summed E-state index contributed by atoms with van der Waals surface area (Å²) in [4.78, 5) is 9.91. The quantitative estimate of drug-likeness (QED) is 0.620. The fourth-order valence-electron chi connectivity index (χ4n) is 3.95. The van der Waals surface area contributed by atoms with Crippen LogP contribution in [0.1, 0.15) is 26.2 Å². The van der Waals surface area contributed by atoms with Crippen LogP contribution in [0.15, 0.2) is 4.99 Å². The highest BCUT2D eigenvalue weighted by atomic mass is 32.2. The number of nitrogens with zero attached hydrogens (tertiary/aromatic N) is 3. The fraction of sp³-hybridized carbons (Fsp3) is 0.941. The summed E-state index contributed by atoms with van der Waals surface area (Å²) in [5, 5.41) is 3.52. The van der Waals surface area contributed by atoms with Crippen LogP contribution in [-0.2, 0) is 4.74 Å². The Morgan fingerprint density at radius 1 is 1.35 bits per heavy atom. The lowest BCUT2D eigenvalue weighted by Gasteiger charge is -2.35. The van der Waals surface area contributed by atoms with Crippen LogP contribution in [0, 0.1) is 5.41 Å². The molecule has 3 saturated heterocycles. The molecule has 1 N–H and O–H groups in total. The van der Waals surface area contributed by atoms with E-state index < -0.39 is 0 Å². The van der Waals surface area contributed by atoms with Crippen LogP contribution in [0.2, 0.25) is 0 Å². The maximum atomic E-state index is 5.66. The van der Waals surface area contributed by atoms with Gasteiger partial charge in [0, 0.05) is 42.9 Å². The molecule has 3 aliphatic heterocycles. The second kappa shape index (κ2) is 7.19. The second-order valence-corrected chi connectivity index (χ2v) is 8.67. The maximum Gasteiger partial charge on any atom is 0.194 e.